The number of ether oxygens (including phenoxy) is 1. The van der Waals surface area contributed by atoms with E-state index in [1.54, 1.807) is 0 Å². The lowest BCUT2D eigenvalue weighted by atomic mass is 9.91. The van der Waals surface area contributed by atoms with Crippen LogP contribution in [0, 0.1) is 11.3 Å². The molecular formula is C19H24N2O4. The van der Waals surface area contributed by atoms with Crippen molar-refractivity contribution in [2.24, 2.45) is 11.3 Å². The van der Waals surface area contributed by atoms with E-state index in [4.69, 9.17) is 9.15 Å². The van der Waals surface area contributed by atoms with Gasteiger partial charge in [-0.25, -0.2) is 0 Å². The molecule has 2 heterocycles. The zero-order valence-electron chi connectivity index (χ0n) is 14.9. The van der Waals surface area contributed by atoms with E-state index in [-0.39, 0.29) is 24.3 Å². The van der Waals surface area contributed by atoms with Gasteiger partial charge in [0.15, 0.2) is 18.0 Å². The number of hydrogen-bond acceptors (Lipinski definition) is 6. The Bertz CT molecular complexity index is 734. The largest absolute Gasteiger partial charge is 0.457 e. The predicted molar refractivity (Wildman–Crippen MR) is 94.4 cm³/mol. The average molecular weight is 344 g/mol. The number of benzene rings is 1. The molecule has 6 nitrogen and oxygen atoms in total. The number of ketones is 1. The van der Waals surface area contributed by atoms with Crippen LogP contribution in [0.3, 0.4) is 0 Å². The Labute approximate surface area is 147 Å². The number of fused-ring (bicyclic) bond motifs is 1. The molecule has 1 aliphatic heterocycles. The molecular weight excluding hydrogens is 320 g/mol. The Hall–Kier alpha value is -2.37. The molecule has 1 saturated heterocycles. The third-order valence-corrected chi connectivity index (χ3v) is 4.56. The summed E-state index contributed by atoms with van der Waals surface area (Å²) in [5, 5.41) is 0. The van der Waals surface area contributed by atoms with Gasteiger partial charge < -0.3 is 14.1 Å². The van der Waals surface area contributed by atoms with Gasteiger partial charge in [-0.2, -0.15) is 4.98 Å². The number of anilines is 1. The van der Waals surface area contributed by atoms with Crippen molar-refractivity contribution in [3.05, 3.63) is 24.3 Å². The van der Waals surface area contributed by atoms with Crippen LogP contribution < -0.4 is 4.90 Å². The van der Waals surface area contributed by atoms with E-state index in [0.717, 1.165) is 11.1 Å². The lowest BCUT2D eigenvalue weighted by Gasteiger charge is -2.29. The van der Waals surface area contributed by atoms with E-state index in [0.29, 0.717) is 31.9 Å². The minimum Gasteiger partial charge on any atom is -0.457 e. The van der Waals surface area contributed by atoms with Gasteiger partial charge in [0, 0.05) is 18.5 Å². The first-order valence-electron chi connectivity index (χ1n) is 8.65. The Morgan fingerprint density at radius 2 is 1.92 bits per heavy atom. The van der Waals surface area contributed by atoms with Crippen molar-refractivity contribution in [3.63, 3.8) is 0 Å². The molecule has 1 aliphatic rings. The first-order chi connectivity index (χ1) is 11.8. The lowest BCUT2D eigenvalue weighted by molar-refractivity contribution is -0.154. The molecule has 134 valence electrons. The molecule has 1 aromatic carbocycles. The highest BCUT2D eigenvalue weighted by molar-refractivity contribution is 5.87. The second-order valence-electron chi connectivity index (χ2n) is 7.51. The highest BCUT2D eigenvalue weighted by atomic mass is 16.5. The van der Waals surface area contributed by atoms with Crippen LogP contribution in [0.1, 0.15) is 33.6 Å². The van der Waals surface area contributed by atoms with Gasteiger partial charge in [-0.05, 0) is 25.0 Å². The predicted octanol–water partition coefficient (Wildman–Crippen LogP) is 3.20. The molecule has 1 fully saturated rings. The van der Waals surface area contributed by atoms with Gasteiger partial charge >= 0.3 is 5.97 Å². The summed E-state index contributed by atoms with van der Waals surface area (Å²) in [6.07, 6.45) is 1.34. The number of hydrogen-bond donors (Lipinski definition) is 0. The fraction of sp³-hybridized carbons (Fsp3) is 0.526. The van der Waals surface area contributed by atoms with Crippen molar-refractivity contribution in [2.75, 3.05) is 24.6 Å². The number of carbonyl (C=O) groups is 2. The molecule has 1 aromatic heterocycles. The standard InChI is InChI=1S/C19H24N2O4/c1-19(2,3)16(22)12-24-17(23)13-8-10-21(11-9-13)18-20-14-6-4-5-7-15(14)25-18/h4-7,13H,8-12H2,1-3H3. The molecule has 6 heteroatoms. The van der Waals surface area contributed by atoms with Crippen molar-refractivity contribution >= 4 is 28.9 Å². The fourth-order valence-corrected chi connectivity index (χ4v) is 2.77. The third-order valence-electron chi connectivity index (χ3n) is 4.56. The maximum absolute atomic E-state index is 12.2. The van der Waals surface area contributed by atoms with Crippen molar-refractivity contribution in [3.8, 4) is 0 Å². The second kappa shape index (κ2) is 6.86. The number of aromatic nitrogens is 1. The van der Waals surface area contributed by atoms with Gasteiger partial charge in [0.25, 0.3) is 6.01 Å². The maximum atomic E-state index is 12.2. The van der Waals surface area contributed by atoms with E-state index in [9.17, 15) is 9.59 Å². The molecule has 0 saturated carbocycles. The smallest absolute Gasteiger partial charge is 0.309 e. The molecule has 25 heavy (non-hydrogen) atoms. The van der Waals surface area contributed by atoms with E-state index in [1.165, 1.54) is 0 Å². The number of para-hydroxylation sites is 2. The lowest BCUT2D eigenvalue weighted by Crippen LogP contribution is -2.38. The van der Waals surface area contributed by atoms with E-state index >= 15 is 0 Å². The number of esters is 1. The minimum atomic E-state index is -0.489. The van der Waals surface area contributed by atoms with Crippen LogP contribution in [-0.2, 0) is 14.3 Å². The van der Waals surface area contributed by atoms with E-state index in [2.05, 4.69) is 4.98 Å². The van der Waals surface area contributed by atoms with Gasteiger partial charge in [-0.15, -0.1) is 0 Å². The summed E-state index contributed by atoms with van der Waals surface area (Å²) in [7, 11) is 0. The Morgan fingerprint density at radius 3 is 2.56 bits per heavy atom. The Kier molecular flexibility index (Phi) is 4.79. The number of Topliss-reactive ketones (excluding diaryl/α,β-unsaturated/α-hetero) is 1. The molecule has 0 N–H and O–H groups in total. The first kappa shape index (κ1) is 17.5. The molecule has 3 rings (SSSR count). The number of carbonyl (C=O) groups excluding carboxylic acids is 2. The zero-order valence-corrected chi connectivity index (χ0v) is 14.9. The summed E-state index contributed by atoms with van der Waals surface area (Å²) < 4.78 is 11.0. The molecule has 0 bridgehead atoms. The summed E-state index contributed by atoms with van der Waals surface area (Å²) >= 11 is 0. The van der Waals surface area contributed by atoms with Crippen LogP contribution in [0.5, 0.6) is 0 Å². The molecule has 0 spiro atoms. The topological polar surface area (TPSA) is 72.6 Å². The van der Waals surface area contributed by atoms with Crippen molar-refractivity contribution < 1.29 is 18.7 Å². The summed E-state index contributed by atoms with van der Waals surface area (Å²) in [5.74, 6) is -0.520. The zero-order chi connectivity index (χ0) is 18.0. The monoisotopic (exact) mass is 344 g/mol. The van der Waals surface area contributed by atoms with Gasteiger partial charge in [0.05, 0.1) is 5.92 Å². The number of nitrogens with zero attached hydrogens (tertiary/aromatic N) is 2. The summed E-state index contributed by atoms with van der Waals surface area (Å²) in [6.45, 7) is 6.68. The Morgan fingerprint density at radius 1 is 1.24 bits per heavy atom. The summed E-state index contributed by atoms with van der Waals surface area (Å²) in [4.78, 5) is 30.6. The molecule has 2 aromatic rings. The summed E-state index contributed by atoms with van der Waals surface area (Å²) in [5.41, 5.74) is 1.11. The van der Waals surface area contributed by atoms with Gasteiger partial charge in [-0.1, -0.05) is 32.9 Å². The number of piperidine rings is 1. The van der Waals surface area contributed by atoms with E-state index in [1.807, 2.05) is 49.9 Å². The van der Waals surface area contributed by atoms with Gasteiger partial charge in [-0.3, -0.25) is 9.59 Å². The van der Waals surface area contributed by atoms with Crippen molar-refractivity contribution in [1.82, 2.24) is 4.98 Å². The van der Waals surface area contributed by atoms with Gasteiger partial charge in [0.1, 0.15) is 5.52 Å². The number of rotatable bonds is 4. The molecule has 0 radical (unpaired) electrons. The number of oxazole rings is 1. The second-order valence-corrected chi connectivity index (χ2v) is 7.51. The van der Waals surface area contributed by atoms with Crippen LogP contribution in [-0.4, -0.2) is 36.4 Å². The SMILES string of the molecule is CC(C)(C)C(=O)COC(=O)C1CCN(c2nc3ccccc3o2)CC1. The normalized spacial score (nSPS) is 16.2. The molecule has 0 atom stereocenters. The molecule has 0 unspecified atom stereocenters. The maximum Gasteiger partial charge on any atom is 0.309 e. The Balaban J connectivity index is 1.53. The highest BCUT2D eigenvalue weighted by Gasteiger charge is 2.30. The quantitative estimate of drug-likeness (QED) is 0.793. The average Bonchev–Trinajstić information content (AvgIpc) is 3.02. The first-order valence-corrected chi connectivity index (χ1v) is 8.65. The van der Waals surface area contributed by atoms with Crippen LogP contribution in [0.25, 0.3) is 11.1 Å². The van der Waals surface area contributed by atoms with Crippen LogP contribution in [0.15, 0.2) is 28.7 Å². The highest BCUT2D eigenvalue weighted by Crippen LogP contribution is 2.27. The van der Waals surface area contributed by atoms with Crippen LogP contribution in [0.2, 0.25) is 0 Å². The fourth-order valence-electron chi connectivity index (χ4n) is 2.77. The minimum absolute atomic E-state index is 0.0650. The van der Waals surface area contributed by atoms with Crippen LogP contribution >= 0.6 is 0 Å². The van der Waals surface area contributed by atoms with Crippen LogP contribution in [0.4, 0.5) is 6.01 Å². The van der Waals surface area contributed by atoms with Crippen molar-refractivity contribution in [2.45, 2.75) is 33.6 Å². The third kappa shape index (κ3) is 4.00. The molecule has 0 aliphatic carbocycles. The summed E-state index contributed by atoms with van der Waals surface area (Å²) in [6, 6.07) is 8.24. The molecule has 0 amide bonds. The van der Waals surface area contributed by atoms with Gasteiger partial charge in [0.2, 0.25) is 0 Å². The van der Waals surface area contributed by atoms with E-state index < -0.39 is 5.41 Å². The van der Waals surface area contributed by atoms with Crippen molar-refractivity contribution in [1.29, 1.82) is 0 Å².